The van der Waals surface area contributed by atoms with Gasteiger partial charge in [0.05, 0.1) is 6.10 Å². The summed E-state index contributed by atoms with van der Waals surface area (Å²) in [6.45, 7) is 3.65. The molecule has 0 aliphatic heterocycles. The SMILES string of the molecule is Cc1ccc([C@H](C)O)c(OCC(=O)NC2CCCCC2)c1. The monoisotopic (exact) mass is 291 g/mol. The van der Waals surface area contributed by atoms with Gasteiger partial charge < -0.3 is 15.2 Å². The van der Waals surface area contributed by atoms with Gasteiger partial charge in [-0.2, -0.15) is 0 Å². The molecular weight excluding hydrogens is 266 g/mol. The van der Waals surface area contributed by atoms with Crippen molar-refractivity contribution in [2.24, 2.45) is 0 Å². The van der Waals surface area contributed by atoms with Gasteiger partial charge in [-0.25, -0.2) is 0 Å². The Kier molecular flexibility index (Phi) is 5.62. The molecule has 1 aromatic carbocycles. The first-order valence-electron chi connectivity index (χ1n) is 7.77. The van der Waals surface area contributed by atoms with Gasteiger partial charge in [0.2, 0.25) is 0 Å². The van der Waals surface area contributed by atoms with E-state index < -0.39 is 6.10 Å². The number of carbonyl (C=O) groups is 1. The minimum absolute atomic E-state index is 0.000324. The van der Waals surface area contributed by atoms with E-state index in [0.717, 1.165) is 18.4 Å². The first-order chi connectivity index (χ1) is 10.1. The number of hydrogen-bond donors (Lipinski definition) is 2. The van der Waals surface area contributed by atoms with Crippen LogP contribution in [0.2, 0.25) is 0 Å². The van der Waals surface area contributed by atoms with E-state index in [9.17, 15) is 9.90 Å². The largest absolute Gasteiger partial charge is 0.483 e. The molecule has 1 amide bonds. The molecule has 0 bridgehead atoms. The van der Waals surface area contributed by atoms with Crippen molar-refractivity contribution in [3.8, 4) is 5.75 Å². The van der Waals surface area contributed by atoms with Crippen molar-refractivity contribution in [1.82, 2.24) is 5.32 Å². The summed E-state index contributed by atoms with van der Waals surface area (Å²) in [5.41, 5.74) is 1.76. The Morgan fingerprint density at radius 2 is 2.10 bits per heavy atom. The van der Waals surface area contributed by atoms with Gasteiger partial charge in [-0.1, -0.05) is 31.4 Å². The van der Waals surface area contributed by atoms with E-state index in [1.165, 1.54) is 19.3 Å². The molecule has 0 aromatic heterocycles. The van der Waals surface area contributed by atoms with Crippen LogP contribution >= 0.6 is 0 Å². The van der Waals surface area contributed by atoms with Gasteiger partial charge in [-0.3, -0.25) is 4.79 Å². The van der Waals surface area contributed by atoms with Gasteiger partial charge in [0.25, 0.3) is 5.91 Å². The van der Waals surface area contributed by atoms with Gasteiger partial charge in [-0.15, -0.1) is 0 Å². The molecule has 1 aromatic rings. The minimum Gasteiger partial charge on any atom is -0.483 e. The smallest absolute Gasteiger partial charge is 0.258 e. The summed E-state index contributed by atoms with van der Waals surface area (Å²) in [5.74, 6) is 0.503. The number of aliphatic hydroxyl groups excluding tert-OH is 1. The molecular formula is C17H25NO3. The van der Waals surface area contributed by atoms with Crippen LogP contribution in [-0.2, 0) is 4.79 Å². The van der Waals surface area contributed by atoms with E-state index in [-0.39, 0.29) is 12.5 Å². The molecule has 21 heavy (non-hydrogen) atoms. The average molecular weight is 291 g/mol. The molecule has 1 aliphatic rings. The molecule has 0 radical (unpaired) electrons. The maximum absolute atomic E-state index is 12.0. The fraction of sp³-hybridized carbons (Fsp3) is 0.588. The predicted molar refractivity (Wildman–Crippen MR) is 82.3 cm³/mol. The first-order valence-corrected chi connectivity index (χ1v) is 7.77. The number of nitrogens with one attached hydrogen (secondary N) is 1. The second kappa shape index (κ2) is 7.46. The third kappa shape index (κ3) is 4.74. The van der Waals surface area contributed by atoms with E-state index in [2.05, 4.69) is 5.32 Å². The Hall–Kier alpha value is -1.55. The van der Waals surface area contributed by atoms with Gasteiger partial charge in [-0.05, 0) is 38.3 Å². The Labute approximate surface area is 126 Å². The summed E-state index contributed by atoms with van der Waals surface area (Å²) in [4.78, 5) is 12.0. The molecule has 1 atom stereocenters. The highest BCUT2D eigenvalue weighted by Crippen LogP contribution is 2.26. The third-order valence-electron chi connectivity index (χ3n) is 3.95. The number of hydrogen-bond acceptors (Lipinski definition) is 3. The maximum atomic E-state index is 12.0. The molecule has 4 nitrogen and oxygen atoms in total. The van der Waals surface area contributed by atoms with Crippen LogP contribution in [0.3, 0.4) is 0 Å². The van der Waals surface area contributed by atoms with Crippen molar-refractivity contribution in [1.29, 1.82) is 0 Å². The Morgan fingerprint density at radius 3 is 2.76 bits per heavy atom. The van der Waals surface area contributed by atoms with E-state index >= 15 is 0 Å². The zero-order valence-corrected chi connectivity index (χ0v) is 12.9. The lowest BCUT2D eigenvalue weighted by Gasteiger charge is -2.23. The molecule has 2 N–H and O–H groups in total. The number of benzene rings is 1. The average Bonchev–Trinajstić information content (AvgIpc) is 2.46. The number of ether oxygens (including phenoxy) is 1. The molecule has 116 valence electrons. The van der Waals surface area contributed by atoms with E-state index in [1.807, 2.05) is 25.1 Å². The van der Waals surface area contributed by atoms with Gasteiger partial charge in [0, 0.05) is 11.6 Å². The van der Waals surface area contributed by atoms with Crippen LogP contribution in [0.15, 0.2) is 18.2 Å². The topological polar surface area (TPSA) is 58.6 Å². The lowest BCUT2D eigenvalue weighted by molar-refractivity contribution is -0.124. The summed E-state index contributed by atoms with van der Waals surface area (Å²) in [5, 5.41) is 12.8. The quantitative estimate of drug-likeness (QED) is 0.877. The molecule has 0 spiro atoms. The molecule has 4 heteroatoms. The highest BCUT2D eigenvalue weighted by Gasteiger charge is 2.16. The second-order valence-electron chi connectivity index (χ2n) is 5.91. The fourth-order valence-electron chi connectivity index (χ4n) is 2.77. The Balaban J connectivity index is 1.89. The van der Waals surface area contributed by atoms with Gasteiger partial charge in [0.15, 0.2) is 6.61 Å². The molecule has 0 heterocycles. The van der Waals surface area contributed by atoms with Gasteiger partial charge >= 0.3 is 0 Å². The molecule has 2 rings (SSSR count). The van der Waals surface area contributed by atoms with Crippen molar-refractivity contribution >= 4 is 5.91 Å². The van der Waals surface area contributed by atoms with E-state index in [1.54, 1.807) is 6.92 Å². The number of aliphatic hydroxyl groups is 1. The lowest BCUT2D eigenvalue weighted by Crippen LogP contribution is -2.39. The number of amides is 1. The van der Waals surface area contributed by atoms with E-state index in [4.69, 9.17) is 4.74 Å². The van der Waals surface area contributed by atoms with Crippen molar-refractivity contribution in [3.05, 3.63) is 29.3 Å². The Morgan fingerprint density at radius 1 is 1.38 bits per heavy atom. The predicted octanol–water partition coefficient (Wildman–Crippen LogP) is 2.88. The minimum atomic E-state index is -0.609. The van der Waals surface area contributed by atoms with Crippen molar-refractivity contribution in [2.45, 2.75) is 58.1 Å². The first kappa shape index (κ1) is 15.8. The van der Waals surface area contributed by atoms with Crippen LogP contribution in [0.4, 0.5) is 0 Å². The summed E-state index contributed by atoms with van der Waals surface area (Å²) in [6.07, 6.45) is 5.17. The van der Waals surface area contributed by atoms with Crippen LogP contribution in [0, 0.1) is 6.92 Å². The van der Waals surface area contributed by atoms with Gasteiger partial charge in [0.1, 0.15) is 5.75 Å². The highest BCUT2D eigenvalue weighted by atomic mass is 16.5. The second-order valence-corrected chi connectivity index (χ2v) is 5.91. The van der Waals surface area contributed by atoms with Crippen LogP contribution in [0.25, 0.3) is 0 Å². The van der Waals surface area contributed by atoms with E-state index in [0.29, 0.717) is 17.4 Å². The van der Waals surface area contributed by atoms with Crippen LogP contribution in [-0.4, -0.2) is 23.7 Å². The zero-order chi connectivity index (χ0) is 15.2. The summed E-state index contributed by atoms with van der Waals surface area (Å²) in [6, 6.07) is 5.92. The molecule has 1 aliphatic carbocycles. The highest BCUT2D eigenvalue weighted by molar-refractivity contribution is 5.77. The molecule has 1 saturated carbocycles. The summed E-state index contributed by atoms with van der Waals surface area (Å²) < 4.78 is 5.61. The summed E-state index contributed by atoms with van der Waals surface area (Å²) >= 11 is 0. The van der Waals surface area contributed by atoms with Crippen molar-refractivity contribution in [3.63, 3.8) is 0 Å². The molecule has 0 unspecified atom stereocenters. The van der Waals surface area contributed by atoms with Crippen LogP contribution in [0.1, 0.15) is 56.3 Å². The molecule has 0 saturated heterocycles. The van der Waals surface area contributed by atoms with Crippen molar-refractivity contribution in [2.75, 3.05) is 6.61 Å². The lowest BCUT2D eigenvalue weighted by atomic mass is 9.95. The molecule has 1 fully saturated rings. The van der Waals surface area contributed by atoms with Crippen molar-refractivity contribution < 1.29 is 14.6 Å². The zero-order valence-electron chi connectivity index (χ0n) is 12.9. The maximum Gasteiger partial charge on any atom is 0.258 e. The normalized spacial score (nSPS) is 17.3. The Bertz CT molecular complexity index is 479. The third-order valence-corrected chi connectivity index (χ3v) is 3.95. The fourth-order valence-corrected chi connectivity index (χ4v) is 2.77. The number of rotatable bonds is 5. The number of carbonyl (C=O) groups excluding carboxylic acids is 1. The number of aryl methyl sites for hydroxylation is 1. The summed E-state index contributed by atoms with van der Waals surface area (Å²) in [7, 11) is 0. The van der Waals surface area contributed by atoms with Crippen LogP contribution in [0.5, 0.6) is 5.75 Å². The van der Waals surface area contributed by atoms with Crippen LogP contribution < -0.4 is 10.1 Å². The standard InChI is InChI=1S/C17H25NO3/c1-12-8-9-15(13(2)19)16(10-12)21-11-17(20)18-14-6-4-3-5-7-14/h8-10,13-14,19H,3-7,11H2,1-2H3,(H,18,20)/t13-/m0/s1.